The highest BCUT2D eigenvalue weighted by Gasteiger charge is 2.12. The van der Waals surface area contributed by atoms with Crippen LogP contribution in [-0.2, 0) is 0 Å². The Bertz CT molecular complexity index is 1220. The second kappa shape index (κ2) is 8.64. The minimum Gasteiger partial charge on any atom is -0.144 e. The average molecular weight is 483 g/mol. The predicted molar refractivity (Wildman–Crippen MR) is 145 cm³/mol. The van der Waals surface area contributed by atoms with Gasteiger partial charge in [-0.05, 0) is 116 Å². The zero-order valence-electron chi connectivity index (χ0n) is 17.0. The highest BCUT2D eigenvalue weighted by Crippen LogP contribution is 2.40. The molecular formula is C28H18S4. The van der Waals surface area contributed by atoms with Crippen LogP contribution < -0.4 is 0 Å². The van der Waals surface area contributed by atoms with Gasteiger partial charge in [-0.1, -0.05) is 24.3 Å². The smallest absolute Gasteiger partial charge is 0.0343 e. The summed E-state index contributed by atoms with van der Waals surface area (Å²) in [6.45, 7) is 0. The van der Waals surface area contributed by atoms with E-state index >= 15 is 0 Å². The Labute approximate surface area is 203 Å². The van der Waals surface area contributed by atoms with Gasteiger partial charge in [0.25, 0.3) is 0 Å². The zero-order valence-corrected chi connectivity index (χ0v) is 20.3. The molecule has 4 heteroatoms. The summed E-state index contributed by atoms with van der Waals surface area (Å²) in [5.41, 5.74) is 7.63. The molecule has 0 atom stereocenters. The molecule has 0 spiro atoms. The molecule has 4 aromatic heterocycles. The zero-order chi connectivity index (χ0) is 21.3. The first-order valence-electron chi connectivity index (χ1n) is 10.3. The van der Waals surface area contributed by atoms with E-state index in [1.165, 1.54) is 52.9 Å². The van der Waals surface area contributed by atoms with Crippen LogP contribution in [0.4, 0.5) is 0 Å². The van der Waals surface area contributed by atoms with E-state index in [0.29, 0.717) is 0 Å². The van der Waals surface area contributed by atoms with Crippen LogP contribution in [0.15, 0.2) is 106 Å². The molecule has 0 bridgehead atoms. The summed E-state index contributed by atoms with van der Waals surface area (Å²) in [7, 11) is 0. The molecule has 0 radical (unpaired) electrons. The van der Waals surface area contributed by atoms with E-state index in [2.05, 4.69) is 106 Å². The minimum absolute atomic E-state index is 1.26. The summed E-state index contributed by atoms with van der Waals surface area (Å²) >= 11 is 7.18. The molecule has 2 aromatic carbocycles. The van der Waals surface area contributed by atoms with Crippen LogP contribution >= 0.6 is 45.3 Å². The van der Waals surface area contributed by atoms with Gasteiger partial charge in [-0.3, -0.25) is 0 Å². The van der Waals surface area contributed by atoms with Gasteiger partial charge >= 0.3 is 0 Å². The third-order valence-electron chi connectivity index (χ3n) is 5.42. The lowest BCUT2D eigenvalue weighted by Gasteiger charge is -2.12. The maximum atomic E-state index is 2.34. The Morgan fingerprint density at radius 2 is 0.562 bits per heavy atom. The van der Waals surface area contributed by atoms with Crippen LogP contribution in [0.5, 0.6) is 0 Å². The summed E-state index contributed by atoms with van der Waals surface area (Å²) in [4.78, 5) is 5.21. The van der Waals surface area contributed by atoms with Gasteiger partial charge in [0.15, 0.2) is 0 Å². The van der Waals surface area contributed by atoms with Crippen molar-refractivity contribution in [3.05, 3.63) is 106 Å². The van der Waals surface area contributed by atoms with E-state index < -0.39 is 0 Å². The van der Waals surface area contributed by atoms with Crippen molar-refractivity contribution in [2.45, 2.75) is 0 Å². The van der Waals surface area contributed by atoms with E-state index in [-0.39, 0.29) is 0 Å². The van der Waals surface area contributed by atoms with E-state index in [9.17, 15) is 0 Å². The molecule has 0 unspecified atom stereocenters. The molecule has 0 aliphatic rings. The lowest BCUT2D eigenvalue weighted by molar-refractivity contribution is 1.61. The molecule has 0 N–H and O–H groups in total. The quantitative estimate of drug-likeness (QED) is 0.229. The van der Waals surface area contributed by atoms with Crippen molar-refractivity contribution in [2.24, 2.45) is 0 Å². The van der Waals surface area contributed by atoms with Crippen molar-refractivity contribution in [1.82, 2.24) is 0 Å². The standard InChI is InChI=1S/C28H18S4/c1-5-25(29-9-1)21-13-19(14-22(17-21)26-6-2-10-30-26)20-15-23(27-7-3-11-31-27)18-24(16-20)28-8-4-12-32-28/h1-18H. The van der Waals surface area contributed by atoms with Crippen molar-refractivity contribution in [3.63, 3.8) is 0 Å². The number of benzene rings is 2. The Kier molecular flexibility index (Phi) is 5.37. The molecule has 0 amide bonds. The normalized spacial score (nSPS) is 11.1. The van der Waals surface area contributed by atoms with Gasteiger partial charge in [-0.2, -0.15) is 0 Å². The number of thiophene rings is 4. The van der Waals surface area contributed by atoms with Crippen molar-refractivity contribution in [1.29, 1.82) is 0 Å². The molecular weight excluding hydrogens is 465 g/mol. The maximum absolute atomic E-state index is 2.34. The van der Waals surface area contributed by atoms with Crippen molar-refractivity contribution >= 4 is 45.3 Å². The Morgan fingerprint density at radius 1 is 0.312 bits per heavy atom. The van der Waals surface area contributed by atoms with Crippen LogP contribution in [-0.4, -0.2) is 0 Å². The van der Waals surface area contributed by atoms with E-state index in [0.717, 1.165) is 0 Å². The fourth-order valence-corrected chi connectivity index (χ4v) is 6.79. The third-order valence-corrected chi connectivity index (χ3v) is 9.10. The maximum Gasteiger partial charge on any atom is 0.0343 e. The van der Waals surface area contributed by atoms with E-state index in [1.807, 2.05) is 0 Å². The molecule has 6 rings (SSSR count). The predicted octanol–water partition coefficient (Wildman–Crippen LogP) is 10.3. The summed E-state index contributed by atoms with van der Waals surface area (Å²) in [6.07, 6.45) is 0. The molecule has 0 fully saturated rings. The molecule has 4 heterocycles. The summed E-state index contributed by atoms with van der Waals surface area (Å²) in [5, 5.41) is 8.61. The van der Waals surface area contributed by atoms with Crippen LogP contribution in [0, 0.1) is 0 Å². The SMILES string of the molecule is c1csc(-c2cc(-c3cc(-c4cccs4)cc(-c4cccs4)c3)cc(-c3cccs3)c2)c1. The molecule has 0 aliphatic carbocycles. The van der Waals surface area contributed by atoms with E-state index in [1.54, 1.807) is 45.3 Å². The second-order valence-corrected chi connectivity index (χ2v) is 11.3. The fraction of sp³-hybridized carbons (Fsp3) is 0. The summed E-state index contributed by atoms with van der Waals surface area (Å²) < 4.78 is 0. The second-order valence-electron chi connectivity index (χ2n) is 7.51. The van der Waals surface area contributed by atoms with E-state index in [4.69, 9.17) is 0 Å². The largest absolute Gasteiger partial charge is 0.144 e. The van der Waals surface area contributed by atoms with Gasteiger partial charge in [-0.15, -0.1) is 45.3 Å². The molecule has 32 heavy (non-hydrogen) atoms. The van der Waals surface area contributed by atoms with Gasteiger partial charge in [0.1, 0.15) is 0 Å². The monoisotopic (exact) mass is 482 g/mol. The first-order chi connectivity index (χ1) is 15.8. The summed E-state index contributed by atoms with van der Waals surface area (Å²) in [6, 6.07) is 31.4. The van der Waals surface area contributed by atoms with Crippen molar-refractivity contribution in [3.8, 4) is 52.9 Å². The van der Waals surface area contributed by atoms with Crippen LogP contribution in [0.25, 0.3) is 52.9 Å². The lowest BCUT2D eigenvalue weighted by Crippen LogP contribution is -1.86. The Balaban J connectivity index is 1.57. The van der Waals surface area contributed by atoms with Gasteiger partial charge in [0, 0.05) is 19.5 Å². The number of hydrogen-bond donors (Lipinski definition) is 0. The van der Waals surface area contributed by atoms with Crippen LogP contribution in [0.3, 0.4) is 0 Å². The third kappa shape index (κ3) is 3.91. The van der Waals surface area contributed by atoms with Gasteiger partial charge < -0.3 is 0 Å². The topological polar surface area (TPSA) is 0 Å². The molecule has 6 aromatic rings. The lowest BCUT2D eigenvalue weighted by atomic mass is 9.95. The van der Waals surface area contributed by atoms with Crippen LogP contribution in [0.2, 0.25) is 0 Å². The molecule has 0 saturated carbocycles. The highest BCUT2D eigenvalue weighted by molar-refractivity contribution is 7.14. The average Bonchev–Trinajstić information content (AvgIpc) is 3.67. The van der Waals surface area contributed by atoms with Crippen molar-refractivity contribution < 1.29 is 0 Å². The van der Waals surface area contributed by atoms with Crippen LogP contribution in [0.1, 0.15) is 0 Å². The molecule has 0 saturated heterocycles. The fourth-order valence-electron chi connectivity index (χ4n) is 3.93. The number of hydrogen-bond acceptors (Lipinski definition) is 4. The Morgan fingerprint density at radius 3 is 0.781 bits per heavy atom. The summed E-state index contributed by atoms with van der Waals surface area (Å²) in [5.74, 6) is 0. The molecule has 154 valence electrons. The first-order valence-corrected chi connectivity index (χ1v) is 13.8. The highest BCUT2D eigenvalue weighted by atomic mass is 32.1. The van der Waals surface area contributed by atoms with Gasteiger partial charge in [-0.25, -0.2) is 0 Å². The molecule has 0 nitrogen and oxygen atoms in total. The number of rotatable bonds is 5. The Hall–Kier alpha value is -2.76. The molecule has 0 aliphatic heterocycles. The van der Waals surface area contributed by atoms with Gasteiger partial charge in [0.2, 0.25) is 0 Å². The first kappa shape index (κ1) is 19.9. The minimum atomic E-state index is 1.26. The van der Waals surface area contributed by atoms with Gasteiger partial charge in [0.05, 0.1) is 0 Å². The van der Waals surface area contributed by atoms with Crippen molar-refractivity contribution in [2.75, 3.05) is 0 Å².